The number of hydrogen-bond acceptors (Lipinski definition) is 4. The highest BCUT2D eigenvalue weighted by molar-refractivity contribution is 6.15. The Kier molecular flexibility index (Phi) is 4.96. The van der Waals surface area contributed by atoms with Gasteiger partial charge in [-0.1, -0.05) is 12.2 Å². The average molecular weight is 310 g/mol. The van der Waals surface area contributed by atoms with Gasteiger partial charge in [0.05, 0.1) is 7.11 Å². The van der Waals surface area contributed by atoms with Gasteiger partial charge >= 0.3 is 0 Å². The van der Waals surface area contributed by atoms with Gasteiger partial charge in [0.2, 0.25) is 0 Å². The van der Waals surface area contributed by atoms with Crippen LogP contribution in [0, 0.1) is 0 Å². The number of carbonyl (C=O) groups excluding carboxylic acids is 2. The third-order valence-electron chi connectivity index (χ3n) is 3.49. The van der Waals surface area contributed by atoms with Crippen molar-refractivity contribution in [3.8, 4) is 11.5 Å². The summed E-state index contributed by atoms with van der Waals surface area (Å²) in [6, 6.07) is 9.49. The minimum absolute atomic E-state index is 0.0371. The Hall–Kier alpha value is -2.88. The Labute approximate surface area is 135 Å². The lowest BCUT2D eigenvalue weighted by molar-refractivity contribution is 0.0990. The summed E-state index contributed by atoms with van der Waals surface area (Å²) >= 11 is 0. The molecule has 0 aromatic heterocycles. The van der Waals surface area contributed by atoms with Gasteiger partial charge in [-0.05, 0) is 50.2 Å². The fourth-order valence-electron chi connectivity index (χ4n) is 2.30. The van der Waals surface area contributed by atoms with Gasteiger partial charge in [0.1, 0.15) is 11.5 Å². The number of carbonyl (C=O) groups is 2. The van der Waals surface area contributed by atoms with Crippen LogP contribution in [0.4, 0.5) is 0 Å². The first-order valence-electron chi connectivity index (χ1n) is 7.17. The Morgan fingerprint density at radius 1 is 1.09 bits per heavy atom. The smallest absolute Gasteiger partial charge is 0.193 e. The van der Waals surface area contributed by atoms with Crippen LogP contribution in [0.15, 0.2) is 42.5 Å². The molecule has 0 heterocycles. The molecule has 0 bridgehead atoms. The zero-order valence-electron chi connectivity index (χ0n) is 13.3. The molecule has 2 aromatic rings. The maximum atomic E-state index is 12.7. The van der Waals surface area contributed by atoms with Gasteiger partial charge in [0.25, 0.3) is 0 Å². The number of rotatable bonds is 5. The van der Waals surface area contributed by atoms with Gasteiger partial charge in [-0.3, -0.25) is 9.59 Å². The standard InChI is InChI=1S/C19H18O4/c1-4-5-14-10-16(12(2)20)17(11-18(14)21)19(22)13-6-8-15(23-3)9-7-13/h4-11,21H,1-3H3/b5-4+. The summed E-state index contributed by atoms with van der Waals surface area (Å²) in [7, 11) is 1.54. The third kappa shape index (κ3) is 3.48. The molecule has 118 valence electrons. The van der Waals surface area contributed by atoms with Crippen LogP contribution in [0.25, 0.3) is 6.08 Å². The van der Waals surface area contributed by atoms with Crippen molar-refractivity contribution in [2.45, 2.75) is 13.8 Å². The predicted octanol–water partition coefficient (Wildman–Crippen LogP) is 3.87. The minimum atomic E-state index is -0.319. The normalized spacial score (nSPS) is 10.7. The van der Waals surface area contributed by atoms with Gasteiger partial charge < -0.3 is 9.84 Å². The van der Waals surface area contributed by atoms with Crippen molar-refractivity contribution in [2.75, 3.05) is 7.11 Å². The van der Waals surface area contributed by atoms with E-state index in [4.69, 9.17) is 4.74 Å². The summed E-state index contributed by atoms with van der Waals surface area (Å²) < 4.78 is 5.07. The van der Waals surface area contributed by atoms with Crippen molar-refractivity contribution in [3.05, 3.63) is 64.7 Å². The molecule has 0 spiro atoms. The van der Waals surface area contributed by atoms with Crippen LogP contribution < -0.4 is 4.74 Å². The molecular weight excluding hydrogens is 292 g/mol. The summed E-state index contributed by atoms with van der Waals surface area (Å²) in [6.45, 7) is 3.21. The van der Waals surface area contributed by atoms with E-state index in [1.807, 2.05) is 6.92 Å². The van der Waals surface area contributed by atoms with E-state index in [0.717, 1.165) is 0 Å². The molecule has 0 saturated carbocycles. The van der Waals surface area contributed by atoms with Gasteiger partial charge in [0.15, 0.2) is 11.6 Å². The number of allylic oxidation sites excluding steroid dienone is 1. The SMILES string of the molecule is C/C=C/c1cc(C(C)=O)c(C(=O)c2ccc(OC)cc2)cc1O. The summed E-state index contributed by atoms with van der Waals surface area (Å²) in [5.41, 5.74) is 1.40. The molecule has 1 N–H and O–H groups in total. The van der Waals surface area contributed by atoms with Crippen LogP contribution in [0.5, 0.6) is 11.5 Å². The van der Waals surface area contributed by atoms with Crippen LogP contribution >= 0.6 is 0 Å². The Bertz CT molecular complexity index is 771. The highest BCUT2D eigenvalue weighted by Crippen LogP contribution is 2.27. The van der Waals surface area contributed by atoms with Crippen molar-refractivity contribution < 1.29 is 19.4 Å². The quantitative estimate of drug-likeness (QED) is 0.852. The zero-order valence-corrected chi connectivity index (χ0v) is 13.3. The summed E-state index contributed by atoms with van der Waals surface area (Å²) in [4.78, 5) is 24.6. The van der Waals surface area contributed by atoms with E-state index in [1.165, 1.54) is 19.1 Å². The third-order valence-corrected chi connectivity index (χ3v) is 3.49. The molecule has 0 aliphatic rings. The topological polar surface area (TPSA) is 63.6 Å². The van der Waals surface area contributed by atoms with E-state index >= 15 is 0 Å². The molecule has 2 rings (SSSR count). The summed E-state index contributed by atoms with van der Waals surface area (Å²) in [6.07, 6.45) is 3.44. The van der Waals surface area contributed by atoms with Gasteiger partial charge in [-0.2, -0.15) is 0 Å². The molecule has 0 unspecified atom stereocenters. The Balaban J connectivity index is 2.54. The van der Waals surface area contributed by atoms with E-state index < -0.39 is 0 Å². The number of phenols is 1. The van der Waals surface area contributed by atoms with E-state index in [0.29, 0.717) is 16.9 Å². The number of hydrogen-bond donors (Lipinski definition) is 1. The van der Waals surface area contributed by atoms with Crippen molar-refractivity contribution in [1.82, 2.24) is 0 Å². The van der Waals surface area contributed by atoms with Crippen LogP contribution in [-0.2, 0) is 0 Å². The van der Waals surface area contributed by atoms with E-state index in [-0.39, 0.29) is 28.4 Å². The first kappa shape index (κ1) is 16.5. The maximum Gasteiger partial charge on any atom is 0.193 e. The number of ether oxygens (including phenoxy) is 1. The summed E-state index contributed by atoms with van der Waals surface area (Å²) in [5, 5.41) is 10.1. The van der Waals surface area contributed by atoms with Crippen LogP contribution in [0.3, 0.4) is 0 Å². The molecule has 2 aromatic carbocycles. The fraction of sp³-hybridized carbons (Fsp3) is 0.158. The Morgan fingerprint density at radius 2 is 1.74 bits per heavy atom. The molecule has 0 fully saturated rings. The lowest BCUT2D eigenvalue weighted by Gasteiger charge is -2.10. The molecule has 0 aliphatic carbocycles. The molecule has 0 radical (unpaired) electrons. The van der Waals surface area contributed by atoms with Crippen LogP contribution in [-0.4, -0.2) is 23.8 Å². The van der Waals surface area contributed by atoms with Crippen molar-refractivity contribution in [2.24, 2.45) is 0 Å². The van der Waals surface area contributed by atoms with Crippen molar-refractivity contribution >= 4 is 17.6 Å². The highest BCUT2D eigenvalue weighted by Gasteiger charge is 2.19. The number of Topliss-reactive ketones (excluding diaryl/α,β-unsaturated/α-hetero) is 1. The molecule has 0 saturated heterocycles. The second-order valence-corrected chi connectivity index (χ2v) is 5.07. The molecule has 4 heteroatoms. The lowest BCUT2D eigenvalue weighted by Crippen LogP contribution is -2.09. The van der Waals surface area contributed by atoms with E-state index in [2.05, 4.69) is 0 Å². The number of ketones is 2. The minimum Gasteiger partial charge on any atom is -0.507 e. The van der Waals surface area contributed by atoms with Crippen molar-refractivity contribution in [3.63, 3.8) is 0 Å². The van der Waals surface area contributed by atoms with Gasteiger partial charge in [-0.25, -0.2) is 0 Å². The predicted molar refractivity (Wildman–Crippen MR) is 89.2 cm³/mol. The fourth-order valence-corrected chi connectivity index (χ4v) is 2.30. The van der Waals surface area contributed by atoms with Crippen LogP contribution in [0.2, 0.25) is 0 Å². The number of phenolic OH excluding ortho intramolecular Hbond substituents is 1. The lowest BCUT2D eigenvalue weighted by atomic mass is 9.94. The van der Waals surface area contributed by atoms with E-state index in [1.54, 1.807) is 43.5 Å². The highest BCUT2D eigenvalue weighted by atomic mass is 16.5. The number of methoxy groups -OCH3 is 1. The van der Waals surface area contributed by atoms with E-state index in [9.17, 15) is 14.7 Å². The second-order valence-electron chi connectivity index (χ2n) is 5.07. The largest absolute Gasteiger partial charge is 0.507 e. The monoisotopic (exact) mass is 310 g/mol. The van der Waals surface area contributed by atoms with Gasteiger partial charge in [-0.15, -0.1) is 0 Å². The number of benzene rings is 2. The van der Waals surface area contributed by atoms with Crippen molar-refractivity contribution in [1.29, 1.82) is 0 Å². The summed E-state index contributed by atoms with van der Waals surface area (Å²) in [5.74, 6) is 0.0531. The van der Waals surface area contributed by atoms with Crippen LogP contribution in [0.1, 0.15) is 45.7 Å². The molecular formula is C19H18O4. The maximum absolute atomic E-state index is 12.7. The first-order valence-corrected chi connectivity index (χ1v) is 7.17. The molecule has 0 amide bonds. The van der Waals surface area contributed by atoms with Gasteiger partial charge in [0, 0.05) is 22.3 Å². The average Bonchev–Trinajstić information content (AvgIpc) is 2.55. The molecule has 4 nitrogen and oxygen atoms in total. The second kappa shape index (κ2) is 6.92. The zero-order chi connectivity index (χ0) is 17.0. The first-order chi connectivity index (χ1) is 11.0. The molecule has 0 aliphatic heterocycles. The Morgan fingerprint density at radius 3 is 2.26 bits per heavy atom. The number of aromatic hydroxyl groups is 1. The molecule has 23 heavy (non-hydrogen) atoms. The molecule has 0 atom stereocenters.